The van der Waals surface area contributed by atoms with E-state index >= 15 is 0 Å². The number of amides is 3. The Balaban J connectivity index is 2.68. The van der Waals surface area contributed by atoms with Crippen LogP contribution in [0.15, 0.2) is 0 Å². The Morgan fingerprint density at radius 1 is 1.33 bits per heavy atom. The highest BCUT2D eigenvalue weighted by Crippen LogP contribution is 2.08. The molecule has 0 aliphatic carbocycles. The van der Waals surface area contributed by atoms with E-state index in [9.17, 15) is 19.2 Å². The summed E-state index contributed by atoms with van der Waals surface area (Å²) in [6, 6.07) is -3.13. The molecule has 2 unspecified atom stereocenters. The molecule has 21 heavy (non-hydrogen) atoms. The molecule has 10 nitrogen and oxygen atoms in total. The summed E-state index contributed by atoms with van der Waals surface area (Å²) in [5.74, 6) is -3.28. The van der Waals surface area contributed by atoms with Crippen molar-refractivity contribution in [2.24, 2.45) is 5.73 Å². The number of carboxylic acid groups (broad SMARTS) is 2. The molecule has 0 aromatic carbocycles. The molecule has 3 amide bonds. The first kappa shape index (κ1) is 16.7. The first-order chi connectivity index (χ1) is 9.82. The van der Waals surface area contributed by atoms with Gasteiger partial charge in [-0.05, 0) is 6.42 Å². The number of ether oxygens (including phenoxy) is 1. The summed E-state index contributed by atoms with van der Waals surface area (Å²) in [4.78, 5) is 45.8. The van der Waals surface area contributed by atoms with E-state index in [1.807, 2.05) is 0 Å². The molecule has 1 heterocycles. The average molecular weight is 303 g/mol. The lowest BCUT2D eigenvalue weighted by molar-refractivity contribution is -0.140. The molecule has 1 rings (SSSR count). The number of nitrogens with zero attached hydrogens (tertiary/aromatic N) is 1. The van der Waals surface area contributed by atoms with Gasteiger partial charge in [0.05, 0.1) is 13.2 Å². The number of aliphatic carboxylic acids is 2. The molecule has 0 aromatic rings. The number of nitrogens with one attached hydrogen (secondary N) is 1. The normalized spacial score (nSPS) is 19.6. The second-order valence-electron chi connectivity index (χ2n) is 4.46. The van der Waals surface area contributed by atoms with Crippen molar-refractivity contribution in [3.8, 4) is 0 Å². The second-order valence-corrected chi connectivity index (χ2v) is 4.46. The SMILES string of the molecule is NC(=O)C1COCCN1C(=O)NC(CCC(=O)O)C(=O)O. The Morgan fingerprint density at radius 3 is 2.52 bits per heavy atom. The lowest BCUT2D eigenvalue weighted by Gasteiger charge is -2.34. The molecule has 10 heteroatoms. The van der Waals surface area contributed by atoms with Gasteiger partial charge in [-0.25, -0.2) is 9.59 Å². The fourth-order valence-electron chi connectivity index (χ4n) is 1.84. The van der Waals surface area contributed by atoms with Crippen LogP contribution < -0.4 is 11.1 Å². The first-order valence-corrected chi connectivity index (χ1v) is 6.21. The van der Waals surface area contributed by atoms with Crippen LogP contribution in [0.3, 0.4) is 0 Å². The molecular weight excluding hydrogens is 286 g/mol. The van der Waals surface area contributed by atoms with Gasteiger partial charge in [0, 0.05) is 13.0 Å². The zero-order valence-corrected chi connectivity index (χ0v) is 11.2. The fourth-order valence-corrected chi connectivity index (χ4v) is 1.84. The van der Waals surface area contributed by atoms with Crippen LogP contribution >= 0.6 is 0 Å². The van der Waals surface area contributed by atoms with E-state index in [1.165, 1.54) is 0 Å². The third-order valence-corrected chi connectivity index (χ3v) is 2.96. The van der Waals surface area contributed by atoms with E-state index < -0.39 is 42.4 Å². The van der Waals surface area contributed by atoms with Gasteiger partial charge in [-0.1, -0.05) is 0 Å². The number of hydrogen-bond acceptors (Lipinski definition) is 5. The lowest BCUT2D eigenvalue weighted by Crippen LogP contribution is -2.59. The smallest absolute Gasteiger partial charge is 0.326 e. The van der Waals surface area contributed by atoms with Gasteiger partial charge in [0.15, 0.2) is 0 Å². The van der Waals surface area contributed by atoms with Gasteiger partial charge >= 0.3 is 18.0 Å². The van der Waals surface area contributed by atoms with Crippen molar-refractivity contribution >= 4 is 23.9 Å². The van der Waals surface area contributed by atoms with Gasteiger partial charge in [-0.15, -0.1) is 0 Å². The molecule has 0 radical (unpaired) electrons. The van der Waals surface area contributed by atoms with Crippen LogP contribution in [0.5, 0.6) is 0 Å². The van der Waals surface area contributed by atoms with Gasteiger partial charge in [0.2, 0.25) is 5.91 Å². The van der Waals surface area contributed by atoms with E-state index in [4.69, 9.17) is 20.7 Å². The Hall–Kier alpha value is -2.36. The van der Waals surface area contributed by atoms with Gasteiger partial charge in [0.1, 0.15) is 12.1 Å². The monoisotopic (exact) mass is 303 g/mol. The third kappa shape index (κ3) is 4.91. The van der Waals surface area contributed by atoms with Crippen molar-refractivity contribution in [3.63, 3.8) is 0 Å². The molecule has 118 valence electrons. The van der Waals surface area contributed by atoms with Crippen molar-refractivity contribution < 1.29 is 34.1 Å². The Morgan fingerprint density at radius 2 is 2.00 bits per heavy atom. The summed E-state index contributed by atoms with van der Waals surface area (Å²) in [6.45, 7) is 0.227. The molecule has 5 N–H and O–H groups in total. The number of urea groups is 1. The molecule has 0 saturated carbocycles. The second kappa shape index (κ2) is 7.43. The third-order valence-electron chi connectivity index (χ3n) is 2.96. The summed E-state index contributed by atoms with van der Waals surface area (Å²) < 4.78 is 5.04. The highest BCUT2D eigenvalue weighted by atomic mass is 16.5. The van der Waals surface area contributed by atoms with E-state index in [1.54, 1.807) is 0 Å². The summed E-state index contributed by atoms with van der Waals surface area (Å²) in [6.07, 6.45) is -0.665. The predicted molar refractivity (Wildman–Crippen MR) is 67.3 cm³/mol. The molecule has 1 aliphatic rings. The highest BCUT2D eigenvalue weighted by Gasteiger charge is 2.33. The molecule has 1 fully saturated rings. The maximum absolute atomic E-state index is 12.0. The number of rotatable bonds is 6. The van der Waals surface area contributed by atoms with Crippen LogP contribution in [-0.4, -0.2) is 70.8 Å². The molecule has 0 aromatic heterocycles. The molecule has 2 atom stereocenters. The van der Waals surface area contributed by atoms with Crippen LogP contribution in [0, 0.1) is 0 Å². The number of primary amides is 1. The fraction of sp³-hybridized carbons (Fsp3) is 0.636. The van der Waals surface area contributed by atoms with Crippen molar-refractivity contribution in [1.82, 2.24) is 10.2 Å². The average Bonchev–Trinajstić information content (AvgIpc) is 2.42. The standard InChI is InChI=1S/C11H17N3O7/c12-9(17)7-5-21-4-3-14(7)11(20)13-6(10(18)19)1-2-8(15)16/h6-7H,1-5H2,(H2,12,17)(H,13,20)(H,15,16)(H,18,19). The maximum atomic E-state index is 12.0. The first-order valence-electron chi connectivity index (χ1n) is 6.21. The number of carboxylic acids is 2. The van der Waals surface area contributed by atoms with Crippen molar-refractivity contribution in [3.05, 3.63) is 0 Å². The Kier molecular flexibility index (Phi) is 5.91. The van der Waals surface area contributed by atoms with Gasteiger partial charge in [0.25, 0.3) is 0 Å². The van der Waals surface area contributed by atoms with E-state index in [2.05, 4.69) is 5.32 Å². The summed E-state index contributed by atoms with van der Waals surface area (Å²) in [7, 11) is 0. The van der Waals surface area contributed by atoms with Crippen LogP contribution in [0.25, 0.3) is 0 Å². The number of nitrogens with two attached hydrogens (primary N) is 1. The van der Waals surface area contributed by atoms with E-state index in [0.29, 0.717) is 0 Å². The van der Waals surface area contributed by atoms with Crippen LogP contribution in [0.1, 0.15) is 12.8 Å². The van der Waals surface area contributed by atoms with E-state index in [-0.39, 0.29) is 26.2 Å². The van der Waals surface area contributed by atoms with Gasteiger partial charge in [-0.3, -0.25) is 9.59 Å². The number of carbonyl (C=O) groups excluding carboxylic acids is 2. The minimum absolute atomic E-state index is 0.0599. The summed E-state index contributed by atoms with van der Waals surface area (Å²) in [5, 5.41) is 19.7. The topological polar surface area (TPSA) is 159 Å². The maximum Gasteiger partial charge on any atom is 0.326 e. The molecule has 1 saturated heterocycles. The Labute approximate surface area is 119 Å². The summed E-state index contributed by atoms with van der Waals surface area (Å²) in [5.41, 5.74) is 5.15. The minimum Gasteiger partial charge on any atom is -0.481 e. The zero-order chi connectivity index (χ0) is 16.0. The Bertz CT molecular complexity index is 440. The number of morpholine rings is 1. The van der Waals surface area contributed by atoms with Crippen molar-refractivity contribution in [2.45, 2.75) is 24.9 Å². The number of hydrogen-bond donors (Lipinski definition) is 4. The lowest BCUT2D eigenvalue weighted by atomic mass is 10.1. The quantitative estimate of drug-likeness (QED) is 0.450. The van der Waals surface area contributed by atoms with Gasteiger partial charge in [-0.2, -0.15) is 0 Å². The van der Waals surface area contributed by atoms with Crippen LogP contribution in [0.4, 0.5) is 4.79 Å². The molecule has 0 bridgehead atoms. The molecule has 1 aliphatic heterocycles. The van der Waals surface area contributed by atoms with Gasteiger partial charge < -0.3 is 30.9 Å². The minimum atomic E-state index is -1.36. The summed E-state index contributed by atoms with van der Waals surface area (Å²) >= 11 is 0. The highest BCUT2D eigenvalue weighted by molar-refractivity contribution is 5.88. The molecule has 0 spiro atoms. The molecular formula is C11H17N3O7. The largest absolute Gasteiger partial charge is 0.481 e. The van der Waals surface area contributed by atoms with Crippen LogP contribution in [0.2, 0.25) is 0 Å². The predicted octanol–water partition coefficient (Wildman–Crippen LogP) is -1.80. The van der Waals surface area contributed by atoms with Crippen LogP contribution in [-0.2, 0) is 19.1 Å². The zero-order valence-electron chi connectivity index (χ0n) is 11.2. The van der Waals surface area contributed by atoms with Crippen molar-refractivity contribution in [1.29, 1.82) is 0 Å². The van der Waals surface area contributed by atoms with Crippen molar-refractivity contribution in [2.75, 3.05) is 19.8 Å². The number of carbonyl (C=O) groups is 4. The van der Waals surface area contributed by atoms with E-state index in [0.717, 1.165) is 4.90 Å².